The lowest BCUT2D eigenvalue weighted by Gasteiger charge is -2.15. The molecule has 1 aromatic rings. The van der Waals surface area contributed by atoms with Crippen molar-refractivity contribution in [3.05, 3.63) is 35.4 Å². The third-order valence-corrected chi connectivity index (χ3v) is 3.22. The predicted octanol–water partition coefficient (Wildman–Crippen LogP) is 2.95. The zero-order valence-corrected chi connectivity index (χ0v) is 12.7. The molecule has 5 nitrogen and oxygen atoms in total. The van der Waals surface area contributed by atoms with Crippen LogP contribution in [0.3, 0.4) is 0 Å². The van der Waals surface area contributed by atoms with Crippen LogP contribution in [0.5, 0.6) is 0 Å². The number of alkyl halides is 1. The number of halogens is 1. The number of carboxylic acids is 1. The number of rotatable bonds is 8. The van der Waals surface area contributed by atoms with Gasteiger partial charge < -0.3 is 15.2 Å². The van der Waals surface area contributed by atoms with Crippen molar-refractivity contribution in [1.29, 1.82) is 0 Å². The van der Waals surface area contributed by atoms with Crippen molar-refractivity contribution in [2.45, 2.75) is 38.1 Å². The summed E-state index contributed by atoms with van der Waals surface area (Å²) in [5.74, 6) is -0.739. The minimum atomic E-state index is -1.10. The van der Waals surface area contributed by atoms with Crippen molar-refractivity contribution in [2.75, 3.05) is 6.61 Å². The standard InChI is InChI=1S/C15H20ClNO4/c1-2-3-7-21-15(20)17-13(14(18)19)9-11-5-4-6-12(8-11)10-16/h4-6,8,13H,2-3,7,9-10H2,1H3,(H,17,20)(H,18,19). The summed E-state index contributed by atoms with van der Waals surface area (Å²) in [6, 6.07) is 6.28. The highest BCUT2D eigenvalue weighted by Gasteiger charge is 2.21. The normalized spacial score (nSPS) is 11.7. The van der Waals surface area contributed by atoms with Crippen molar-refractivity contribution < 1.29 is 19.4 Å². The number of alkyl carbamates (subject to hydrolysis) is 1. The van der Waals surface area contributed by atoms with Crippen LogP contribution in [-0.4, -0.2) is 29.8 Å². The first-order valence-electron chi connectivity index (χ1n) is 6.86. The molecule has 0 aromatic heterocycles. The lowest BCUT2D eigenvalue weighted by Crippen LogP contribution is -2.42. The van der Waals surface area contributed by atoms with E-state index in [-0.39, 0.29) is 13.0 Å². The number of aliphatic carboxylic acids is 1. The molecule has 21 heavy (non-hydrogen) atoms. The summed E-state index contributed by atoms with van der Waals surface area (Å²) < 4.78 is 4.91. The van der Waals surface area contributed by atoms with E-state index in [0.29, 0.717) is 5.88 Å². The Morgan fingerprint density at radius 1 is 1.38 bits per heavy atom. The number of amides is 1. The molecule has 0 aliphatic heterocycles. The van der Waals surface area contributed by atoms with E-state index in [4.69, 9.17) is 16.3 Å². The molecular weight excluding hydrogens is 294 g/mol. The maximum atomic E-state index is 11.5. The Balaban J connectivity index is 2.60. The summed E-state index contributed by atoms with van der Waals surface area (Å²) in [6.07, 6.45) is 1.14. The van der Waals surface area contributed by atoms with Crippen LogP contribution in [0.2, 0.25) is 0 Å². The molecule has 0 aliphatic carbocycles. The third kappa shape index (κ3) is 6.49. The Kier molecular flexibility index (Phi) is 7.61. The van der Waals surface area contributed by atoms with Gasteiger partial charge in [-0.05, 0) is 17.5 Å². The van der Waals surface area contributed by atoms with Gasteiger partial charge in [0.2, 0.25) is 0 Å². The number of hydrogen-bond donors (Lipinski definition) is 2. The van der Waals surface area contributed by atoms with E-state index in [9.17, 15) is 14.7 Å². The number of benzene rings is 1. The average molecular weight is 314 g/mol. The van der Waals surface area contributed by atoms with Gasteiger partial charge in [0, 0.05) is 12.3 Å². The zero-order chi connectivity index (χ0) is 15.7. The van der Waals surface area contributed by atoms with Gasteiger partial charge in [0.05, 0.1) is 6.61 Å². The Morgan fingerprint density at radius 2 is 2.10 bits per heavy atom. The van der Waals surface area contributed by atoms with Crippen LogP contribution >= 0.6 is 11.6 Å². The molecule has 0 saturated heterocycles. The molecule has 0 aliphatic rings. The summed E-state index contributed by atoms with van der Waals surface area (Å²) in [7, 11) is 0. The number of carbonyl (C=O) groups excluding carboxylic acids is 1. The van der Waals surface area contributed by atoms with Crippen LogP contribution in [0.25, 0.3) is 0 Å². The van der Waals surface area contributed by atoms with Crippen molar-refractivity contribution in [2.24, 2.45) is 0 Å². The molecule has 1 aromatic carbocycles. The molecule has 1 amide bonds. The van der Waals surface area contributed by atoms with E-state index in [2.05, 4.69) is 5.32 Å². The second-order valence-corrected chi connectivity index (χ2v) is 4.95. The van der Waals surface area contributed by atoms with Crippen LogP contribution in [0.4, 0.5) is 4.79 Å². The highest BCUT2D eigenvalue weighted by molar-refractivity contribution is 6.17. The molecule has 1 atom stereocenters. The number of carbonyl (C=O) groups is 2. The summed E-state index contributed by atoms with van der Waals surface area (Å²) in [5, 5.41) is 11.6. The van der Waals surface area contributed by atoms with Gasteiger partial charge in [-0.2, -0.15) is 0 Å². The molecule has 1 rings (SSSR count). The van der Waals surface area contributed by atoms with Crippen LogP contribution in [-0.2, 0) is 21.8 Å². The summed E-state index contributed by atoms with van der Waals surface area (Å²) in [6.45, 7) is 2.27. The minimum absolute atomic E-state index is 0.183. The Labute approximate surface area is 129 Å². The number of nitrogens with one attached hydrogen (secondary N) is 1. The smallest absolute Gasteiger partial charge is 0.407 e. The molecule has 2 N–H and O–H groups in total. The third-order valence-electron chi connectivity index (χ3n) is 2.91. The first-order valence-corrected chi connectivity index (χ1v) is 7.40. The topological polar surface area (TPSA) is 75.6 Å². The van der Waals surface area contributed by atoms with Crippen LogP contribution < -0.4 is 5.32 Å². The van der Waals surface area contributed by atoms with Crippen molar-refractivity contribution in [3.63, 3.8) is 0 Å². The van der Waals surface area contributed by atoms with Gasteiger partial charge in [0.1, 0.15) is 6.04 Å². The Bertz CT molecular complexity index is 478. The van der Waals surface area contributed by atoms with Crippen LogP contribution in [0, 0.1) is 0 Å². The van der Waals surface area contributed by atoms with Gasteiger partial charge in [-0.1, -0.05) is 37.6 Å². The lowest BCUT2D eigenvalue weighted by molar-refractivity contribution is -0.139. The number of ether oxygens (including phenoxy) is 1. The fourth-order valence-electron chi connectivity index (χ4n) is 1.77. The summed E-state index contributed by atoms with van der Waals surface area (Å²) in [4.78, 5) is 22.8. The maximum Gasteiger partial charge on any atom is 0.407 e. The molecule has 1 unspecified atom stereocenters. The first kappa shape index (κ1) is 17.3. The minimum Gasteiger partial charge on any atom is -0.480 e. The van der Waals surface area contributed by atoms with Gasteiger partial charge >= 0.3 is 12.1 Å². The zero-order valence-electron chi connectivity index (χ0n) is 12.0. The monoisotopic (exact) mass is 313 g/mol. The van der Waals surface area contributed by atoms with Crippen molar-refractivity contribution in [1.82, 2.24) is 5.32 Å². The lowest BCUT2D eigenvalue weighted by atomic mass is 10.0. The average Bonchev–Trinajstić information content (AvgIpc) is 2.47. The molecule has 0 saturated carbocycles. The number of unbranched alkanes of at least 4 members (excludes halogenated alkanes) is 1. The quantitative estimate of drug-likeness (QED) is 0.571. The fourth-order valence-corrected chi connectivity index (χ4v) is 1.93. The molecule has 0 heterocycles. The molecule has 6 heteroatoms. The van der Waals surface area contributed by atoms with Gasteiger partial charge in [-0.25, -0.2) is 9.59 Å². The van der Waals surface area contributed by atoms with E-state index in [1.165, 1.54) is 0 Å². The van der Waals surface area contributed by atoms with Gasteiger partial charge in [0.15, 0.2) is 0 Å². The van der Waals surface area contributed by atoms with Crippen LogP contribution in [0.1, 0.15) is 30.9 Å². The van der Waals surface area contributed by atoms with Crippen molar-refractivity contribution >= 4 is 23.7 Å². The predicted molar refractivity (Wildman–Crippen MR) is 80.5 cm³/mol. The number of carboxylic acid groups (broad SMARTS) is 1. The summed E-state index contributed by atoms with van der Waals surface area (Å²) in [5.41, 5.74) is 1.71. The number of hydrogen-bond acceptors (Lipinski definition) is 3. The second-order valence-electron chi connectivity index (χ2n) is 4.68. The fraction of sp³-hybridized carbons (Fsp3) is 0.467. The first-order chi connectivity index (χ1) is 10.1. The molecular formula is C15H20ClNO4. The second kappa shape index (κ2) is 9.23. The van der Waals surface area contributed by atoms with Crippen LogP contribution in [0.15, 0.2) is 24.3 Å². The highest BCUT2D eigenvalue weighted by atomic mass is 35.5. The van der Waals surface area contributed by atoms with E-state index >= 15 is 0 Å². The molecule has 0 radical (unpaired) electrons. The molecule has 116 valence electrons. The Morgan fingerprint density at radius 3 is 2.71 bits per heavy atom. The summed E-state index contributed by atoms with van der Waals surface area (Å²) >= 11 is 5.75. The van der Waals surface area contributed by atoms with E-state index < -0.39 is 18.1 Å². The largest absolute Gasteiger partial charge is 0.480 e. The van der Waals surface area contributed by atoms with E-state index in [1.54, 1.807) is 6.07 Å². The maximum absolute atomic E-state index is 11.5. The SMILES string of the molecule is CCCCOC(=O)NC(Cc1cccc(CCl)c1)C(=O)O. The molecule has 0 spiro atoms. The molecule has 0 fully saturated rings. The van der Waals surface area contributed by atoms with E-state index in [0.717, 1.165) is 24.0 Å². The Hall–Kier alpha value is -1.75. The molecule has 0 bridgehead atoms. The van der Waals surface area contributed by atoms with Gasteiger partial charge in [0.25, 0.3) is 0 Å². The van der Waals surface area contributed by atoms with Crippen molar-refractivity contribution in [3.8, 4) is 0 Å². The van der Waals surface area contributed by atoms with E-state index in [1.807, 2.05) is 25.1 Å². The van der Waals surface area contributed by atoms with Gasteiger partial charge in [-0.3, -0.25) is 0 Å². The highest BCUT2D eigenvalue weighted by Crippen LogP contribution is 2.10. The van der Waals surface area contributed by atoms with Gasteiger partial charge in [-0.15, -0.1) is 11.6 Å².